The Labute approximate surface area is 128 Å². The highest BCUT2D eigenvalue weighted by Gasteiger charge is 2.25. The van der Waals surface area contributed by atoms with Crippen molar-refractivity contribution in [2.24, 2.45) is 0 Å². The van der Waals surface area contributed by atoms with Gasteiger partial charge < -0.3 is 10.2 Å². The van der Waals surface area contributed by atoms with Crippen LogP contribution in [-0.2, 0) is 0 Å². The van der Waals surface area contributed by atoms with Crippen molar-refractivity contribution in [1.82, 2.24) is 14.9 Å². The number of likely N-dealkylation sites (tertiary alicyclic amines) is 1. The minimum Gasteiger partial charge on any atom is -0.324 e. The molecule has 22 heavy (non-hydrogen) atoms. The van der Waals surface area contributed by atoms with Crippen LogP contribution in [0.5, 0.6) is 0 Å². The molecule has 114 valence electrons. The summed E-state index contributed by atoms with van der Waals surface area (Å²) in [5.41, 5.74) is 1.56. The van der Waals surface area contributed by atoms with E-state index in [0.717, 1.165) is 18.5 Å². The van der Waals surface area contributed by atoms with Gasteiger partial charge in [0.05, 0.1) is 0 Å². The topological polar surface area (TPSA) is 58.1 Å². The van der Waals surface area contributed by atoms with Crippen LogP contribution in [0.3, 0.4) is 0 Å². The molecule has 2 aromatic rings. The van der Waals surface area contributed by atoms with E-state index in [9.17, 15) is 9.18 Å². The van der Waals surface area contributed by atoms with E-state index in [1.54, 1.807) is 23.2 Å². The minimum absolute atomic E-state index is 0.162. The molecule has 0 spiro atoms. The summed E-state index contributed by atoms with van der Waals surface area (Å²) in [6.45, 7) is 1.35. The van der Waals surface area contributed by atoms with Crippen LogP contribution >= 0.6 is 0 Å². The van der Waals surface area contributed by atoms with E-state index in [1.807, 2.05) is 6.07 Å². The lowest BCUT2D eigenvalue weighted by atomic mass is 9.95. The lowest BCUT2D eigenvalue weighted by molar-refractivity contribution is 0.192. The average molecular weight is 300 g/mol. The van der Waals surface area contributed by atoms with E-state index in [0.29, 0.717) is 18.8 Å². The molecule has 1 atom stereocenters. The molecule has 1 saturated heterocycles. The third-order valence-electron chi connectivity index (χ3n) is 3.83. The molecule has 0 aliphatic carbocycles. The number of urea groups is 1. The van der Waals surface area contributed by atoms with Gasteiger partial charge in [-0.3, -0.25) is 0 Å². The standard InChI is InChI=1S/C16H17FN4O/c17-13-3-5-14(6-4-13)20-16(22)21-9-1-2-12(10-21)15-7-8-18-11-19-15/h3-8,11-12H,1-2,9-10H2,(H,20,22)/t12-/m1/s1. The predicted molar refractivity (Wildman–Crippen MR) is 81.0 cm³/mol. The fraction of sp³-hybridized carbons (Fsp3) is 0.312. The molecule has 0 unspecified atom stereocenters. The normalized spacial score (nSPS) is 18.0. The van der Waals surface area contributed by atoms with Crippen LogP contribution in [0.2, 0.25) is 0 Å². The minimum atomic E-state index is -0.320. The first-order valence-corrected chi connectivity index (χ1v) is 7.30. The highest BCUT2D eigenvalue weighted by atomic mass is 19.1. The van der Waals surface area contributed by atoms with Crippen molar-refractivity contribution in [3.8, 4) is 0 Å². The van der Waals surface area contributed by atoms with Gasteiger partial charge in [-0.2, -0.15) is 0 Å². The number of nitrogens with one attached hydrogen (secondary N) is 1. The second kappa shape index (κ2) is 6.51. The lowest BCUT2D eigenvalue weighted by Gasteiger charge is -2.32. The summed E-state index contributed by atoms with van der Waals surface area (Å²) in [6, 6.07) is 7.50. The van der Waals surface area contributed by atoms with Crippen molar-refractivity contribution in [2.45, 2.75) is 18.8 Å². The van der Waals surface area contributed by atoms with Gasteiger partial charge in [-0.25, -0.2) is 19.2 Å². The number of hydrogen-bond donors (Lipinski definition) is 1. The van der Waals surface area contributed by atoms with E-state index in [4.69, 9.17) is 0 Å². The average Bonchev–Trinajstić information content (AvgIpc) is 2.58. The number of benzene rings is 1. The Bertz CT molecular complexity index is 632. The molecule has 5 nitrogen and oxygen atoms in total. The van der Waals surface area contributed by atoms with Crippen molar-refractivity contribution in [3.05, 3.63) is 54.4 Å². The van der Waals surface area contributed by atoms with Crippen LogP contribution < -0.4 is 5.32 Å². The number of amides is 2. The third-order valence-corrected chi connectivity index (χ3v) is 3.83. The summed E-state index contributed by atoms with van der Waals surface area (Å²) in [5.74, 6) is -0.0875. The Balaban J connectivity index is 1.64. The van der Waals surface area contributed by atoms with Gasteiger partial charge in [0.1, 0.15) is 12.1 Å². The zero-order valence-electron chi connectivity index (χ0n) is 12.1. The molecule has 6 heteroatoms. The predicted octanol–water partition coefficient (Wildman–Crippen LogP) is 3.03. The fourth-order valence-corrected chi connectivity index (χ4v) is 2.68. The van der Waals surface area contributed by atoms with Gasteiger partial charge in [0.25, 0.3) is 0 Å². The molecule has 0 radical (unpaired) electrons. The summed E-state index contributed by atoms with van der Waals surface area (Å²) >= 11 is 0. The number of nitrogens with zero attached hydrogens (tertiary/aromatic N) is 3. The number of hydrogen-bond acceptors (Lipinski definition) is 3. The summed E-state index contributed by atoms with van der Waals surface area (Å²) in [4.78, 5) is 22.3. The molecule has 1 fully saturated rings. The van der Waals surface area contributed by atoms with Gasteiger partial charge in [-0.1, -0.05) is 0 Å². The quantitative estimate of drug-likeness (QED) is 0.927. The van der Waals surface area contributed by atoms with E-state index < -0.39 is 0 Å². The molecule has 1 N–H and O–H groups in total. The van der Waals surface area contributed by atoms with E-state index in [-0.39, 0.29) is 17.8 Å². The largest absolute Gasteiger partial charge is 0.324 e. The second-order valence-electron chi connectivity index (χ2n) is 5.36. The Kier molecular flexibility index (Phi) is 4.27. The zero-order valence-corrected chi connectivity index (χ0v) is 12.1. The van der Waals surface area contributed by atoms with Crippen LogP contribution in [0, 0.1) is 5.82 Å². The summed E-state index contributed by atoms with van der Waals surface area (Å²) in [7, 11) is 0. The van der Waals surface area contributed by atoms with E-state index in [1.165, 1.54) is 18.5 Å². The molecular weight excluding hydrogens is 283 g/mol. The van der Waals surface area contributed by atoms with Gasteiger partial charge in [-0.15, -0.1) is 0 Å². The number of rotatable bonds is 2. The molecule has 1 aliphatic heterocycles. The number of piperidine rings is 1. The number of anilines is 1. The fourth-order valence-electron chi connectivity index (χ4n) is 2.68. The first-order chi connectivity index (χ1) is 10.7. The highest BCUT2D eigenvalue weighted by Crippen LogP contribution is 2.25. The highest BCUT2D eigenvalue weighted by molar-refractivity contribution is 5.89. The maximum absolute atomic E-state index is 12.9. The SMILES string of the molecule is O=C(Nc1ccc(F)cc1)N1CCC[C@@H](c2ccncn2)C1. The lowest BCUT2D eigenvalue weighted by Crippen LogP contribution is -2.41. The molecule has 0 saturated carbocycles. The maximum atomic E-state index is 12.9. The van der Waals surface area contributed by atoms with E-state index >= 15 is 0 Å². The molecule has 1 aliphatic rings. The third kappa shape index (κ3) is 3.39. The molecule has 1 aromatic carbocycles. The van der Waals surface area contributed by atoms with Crippen molar-refractivity contribution in [2.75, 3.05) is 18.4 Å². The van der Waals surface area contributed by atoms with Crippen LogP contribution in [0.1, 0.15) is 24.5 Å². The Morgan fingerprint density at radius 2 is 2.09 bits per heavy atom. The van der Waals surface area contributed by atoms with Crippen molar-refractivity contribution in [3.63, 3.8) is 0 Å². The number of aromatic nitrogens is 2. The Morgan fingerprint density at radius 3 is 2.82 bits per heavy atom. The van der Waals surface area contributed by atoms with Crippen molar-refractivity contribution < 1.29 is 9.18 Å². The number of halogens is 1. The molecule has 1 aromatic heterocycles. The van der Waals surface area contributed by atoms with Crippen LogP contribution in [0.4, 0.5) is 14.9 Å². The Hall–Kier alpha value is -2.50. The smallest absolute Gasteiger partial charge is 0.321 e. The van der Waals surface area contributed by atoms with Crippen LogP contribution in [-0.4, -0.2) is 34.0 Å². The first-order valence-electron chi connectivity index (χ1n) is 7.30. The summed E-state index contributed by atoms with van der Waals surface area (Å²) < 4.78 is 12.9. The Morgan fingerprint density at radius 1 is 1.27 bits per heavy atom. The molecule has 2 amide bonds. The first kappa shape index (κ1) is 14.4. The molecule has 2 heterocycles. The molecule has 0 bridgehead atoms. The maximum Gasteiger partial charge on any atom is 0.321 e. The summed E-state index contributed by atoms with van der Waals surface area (Å²) in [6.07, 6.45) is 5.20. The number of carbonyl (C=O) groups excluding carboxylic acids is 1. The van der Waals surface area contributed by atoms with Crippen LogP contribution in [0.15, 0.2) is 42.9 Å². The van der Waals surface area contributed by atoms with Gasteiger partial charge >= 0.3 is 6.03 Å². The zero-order chi connectivity index (χ0) is 15.4. The van der Waals surface area contributed by atoms with Crippen LogP contribution in [0.25, 0.3) is 0 Å². The van der Waals surface area contributed by atoms with Gasteiger partial charge in [0.15, 0.2) is 0 Å². The van der Waals surface area contributed by atoms with Gasteiger partial charge in [-0.05, 0) is 43.2 Å². The second-order valence-corrected chi connectivity index (χ2v) is 5.36. The van der Waals surface area contributed by atoms with Crippen molar-refractivity contribution in [1.29, 1.82) is 0 Å². The molecule has 3 rings (SSSR count). The molecular formula is C16H17FN4O. The van der Waals surface area contributed by atoms with Gasteiger partial charge in [0, 0.05) is 36.6 Å². The number of carbonyl (C=O) groups is 1. The van der Waals surface area contributed by atoms with E-state index in [2.05, 4.69) is 15.3 Å². The monoisotopic (exact) mass is 300 g/mol. The van der Waals surface area contributed by atoms with Gasteiger partial charge in [0.2, 0.25) is 0 Å². The summed E-state index contributed by atoms with van der Waals surface area (Å²) in [5, 5.41) is 2.80. The van der Waals surface area contributed by atoms with Crippen molar-refractivity contribution >= 4 is 11.7 Å².